The smallest absolute Gasteiger partial charge is 0.160 e. The van der Waals surface area contributed by atoms with E-state index in [9.17, 15) is 0 Å². The zero-order valence-electron chi connectivity index (χ0n) is 13.2. The number of hydrogen-bond acceptors (Lipinski definition) is 4. The molecule has 0 atom stereocenters. The normalized spacial score (nSPS) is 12.1. The van der Waals surface area contributed by atoms with Crippen LogP contribution in [0, 0.1) is 0 Å². The molecule has 0 bridgehead atoms. The number of aromatic nitrogens is 3. The summed E-state index contributed by atoms with van der Waals surface area (Å²) < 4.78 is 7.59. The van der Waals surface area contributed by atoms with Gasteiger partial charge in [0.05, 0.1) is 6.20 Å². The molecule has 0 saturated carbocycles. The molecule has 0 saturated heterocycles. The lowest BCUT2D eigenvalue weighted by atomic mass is 10.1. The average molecular weight is 332 g/mol. The Hall–Kier alpha value is -1.50. The molecule has 0 radical (unpaired) electrons. The second-order valence-corrected chi connectivity index (χ2v) is 13.0. The van der Waals surface area contributed by atoms with Crippen LogP contribution in [0.4, 0.5) is 0 Å². The second kappa shape index (κ2) is 6.32. The van der Waals surface area contributed by atoms with Crippen LogP contribution in [0.2, 0.25) is 25.7 Å². The molecule has 0 unspecified atom stereocenters. The van der Waals surface area contributed by atoms with Crippen LogP contribution >= 0.6 is 11.3 Å². The van der Waals surface area contributed by atoms with Crippen molar-refractivity contribution in [3.05, 3.63) is 35.3 Å². The summed E-state index contributed by atoms with van der Waals surface area (Å²) in [7, 11) is -1.04. The van der Waals surface area contributed by atoms with E-state index in [2.05, 4.69) is 52.6 Å². The largest absolute Gasteiger partial charge is 0.359 e. The number of thiophene rings is 1. The van der Waals surface area contributed by atoms with Crippen molar-refractivity contribution in [2.75, 3.05) is 6.61 Å². The first kappa shape index (κ1) is 15.4. The second-order valence-electron chi connectivity index (χ2n) is 6.64. The van der Waals surface area contributed by atoms with E-state index in [1.165, 1.54) is 11.6 Å². The highest BCUT2D eigenvalue weighted by Gasteiger charge is 2.12. The lowest BCUT2D eigenvalue weighted by molar-refractivity contribution is 0.0813. The third kappa shape index (κ3) is 3.63. The maximum atomic E-state index is 5.76. The zero-order valence-corrected chi connectivity index (χ0v) is 15.1. The molecule has 0 spiro atoms. The Kier molecular flexibility index (Phi) is 4.42. The van der Waals surface area contributed by atoms with E-state index >= 15 is 0 Å². The Morgan fingerprint density at radius 1 is 1.23 bits per heavy atom. The fourth-order valence-corrected chi connectivity index (χ4v) is 3.60. The lowest BCUT2D eigenvalue weighted by Crippen LogP contribution is -2.22. The van der Waals surface area contributed by atoms with Crippen LogP contribution in [0.3, 0.4) is 0 Å². The van der Waals surface area contributed by atoms with Gasteiger partial charge in [-0.1, -0.05) is 19.6 Å². The van der Waals surface area contributed by atoms with Gasteiger partial charge in [-0.25, -0.2) is 9.67 Å². The molecule has 0 aliphatic heterocycles. The van der Waals surface area contributed by atoms with E-state index < -0.39 is 8.07 Å². The van der Waals surface area contributed by atoms with E-state index in [1.807, 2.05) is 17.1 Å². The number of nitrogens with zero attached hydrogens (tertiary/aromatic N) is 3. The van der Waals surface area contributed by atoms with E-state index in [1.54, 1.807) is 11.3 Å². The summed E-state index contributed by atoms with van der Waals surface area (Å²) in [6.45, 7) is 8.33. The minimum atomic E-state index is -1.04. The Bertz CT molecular complexity index is 746. The van der Waals surface area contributed by atoms with Crippen molar-refractivity contribution in [3.63, 3.8) is 0 Å². The van der Waals surface area contributed by atoms with E-state index in [-0.39, 0.29) is 0 Å². The minimum absolute atomic E-state index is 0.471. The minimum Gasteiger partial charge on any atom is -0.359 e. The molecule has 0 aliphatic rings. The molecule has 3 aromatic rings. The standard InChI is InChI=1S/C16H21N3OSSi/c1-22(2,3)7-5-20-12-19-16-15(10-18-19)8-14(9-17-16)13-4-6-21-11-13/h4,6,8-11H,5,7,12H2,1-3H3. The average Bonchev–Trinajstić information content (AvgIpc) is 3.12. The number of ether oxygens (including phenoxy) is 1. The maximum absolute atomic E-state index is 5.76. The van der Waals surface area contributed by atoms with Crippen LogP contribution in [-0.2, 0) is 11.5 Å². The molecule has 22 heavy (non-hydrogen) atoms. The van der Waals surface area contributed by atoms with Gasteiger partial charge in [0.25, 0.3) is 0 Å². The number of fused-ring (bicyclic) bond motifs is 1. The predicted octanol–water partition coefficient (Wildman–Crippen LogP) is 4.47. The van der Waals surface area contributed by atoms with Crippen LogP contribution in [0.15, 0.2) is 35.3 Å². The highest BCUT2D eigenvalue weighted by molar-refractivity contribution is 7.08. The van der Waals surface area contributed by atoms with E-state index in [0.29, 0.717) is 6.73 Å². The molecule has 4 nitrogen and oxygen atoms in total. The van der Waals surface area contributed by atoms with Crippen LogP contribution < -0.4 is 0 Å². The first-order valence-corrected chi connectivity index (χ1v) is 12.1. The first-order chi connectivity index (χ1) is 10.5. The molecule has 0 aromatic carbocycles. The van der Waals surface area contributed by atoms with E-state index in [0.717, 1.165) is 23.2 Å². The topological polar surface area (TPSA) is 39.9 Å². The summed E-state index contributed by atoms with van der Waals surface area (Å²) in [5.74, 6) is 0. The molecule has 3 aromatic heterocycles. The Balaban J connectivity index is 1.70. The van der Waals surface area contributed by atoms with Gasteiger partial charge < -0.3 is 4.74 Å². The van der Waals surface area contributed by atoms with Crippen LogP contribution in [0.1, 0.15) is 0 Å². The van der Waals surface area contributed by atoms with Gasteiger partial charge in [0.2, 0.25) is 0 Å². The Morgan fingerprint density at radius 3 is 2.82 bits per heavy atom. The van der Waals surface area contributed by atoms with Crippen molar-refractivity contribution in [2.45, 2.75) is 32.4 Å². The lowest BCUT2D eigenvalue weighted by Gasteiger charge is -2.15. The summed E-state index contributed by atoms with van der Waals surface area (Å²) in [5.41, 5.74) is 3.22. The SMILES string of the molecule is C[Si](C)(C)CCOCn1ncc2cc(-c3ccsc3)cnc21. The van der Waals surface area contributed by atoms with Gasteiger partial charge in [0.15, 0.2) is 5.65 Å². The molecule has 0 aliphatic carbocycles. The third-order valence-corrected chi connectivity index (χ3v) is 5.93. The number of rotatable bonds is 6. The Morgan fingerprint density at radius 2 is 2.09 bits per heavy atom. The highest BCUT2D eigenvalue weighted by atomic mass is 32.1. The molecule has 6 heteroatoms. The van der Waals surface area contributed by atoms with Crippen LogP contribution in [0.25, 0.3) is 22.2 Å². The summed E-state index contributed by atoms with van der Waals surface area (Å²) in [5, 5.41) is 9.66. The van der Waals surface area contributed by atoms with Gasteiger partial charge >= 0.3 is 0 Å². The third-order valence-electron chi connectivity index (χ3n) is 3.54. The zero-order chi connectivity index (χ0) is 15.6. The van der Waals surface area contributed by atoms with Crippen molar-refractivity contribution < 1.29 is 4.74 Å². The summed E-state index contributed by atoms with van der Waals surface area (Å²) in [6.07, 6.45) is 3.77. The van der Waals surface area contributed by atoms with Crippen molar-refractivity contribution in [1.82, 2.24) is 14.8 Å². The van der Waals surface area contributed by atoms with Gasteiger partial charge in [0, 0.05) is 31.8 Å². The van der Waals surface area contributed by atoms with Gasteiger partial charge in [0.1, 0.15) is 6.73 Å². The van der Waals surface area contributed by atoms with Gasteiger partial charge in [-0.2, -0.15) is 16.4 Å². The molecule has 116 valence electrons. The fraction of sp³-hybridized carbons (Fsp3) is 0.375. The molecule has 3 heterocycles. The van der Waals surface area contributed by atoms with Crippen molar-refractivity contribution in [3.8, 4) is 11.1 Å². The fourth-order valence-electron chi connectivity index (χ4n) is 2.18. The molecule has 3 rings (SSSR count). The molecule has 0 amide bonds. The van der Waals surface area contributed by atoms with Gasteiger partial charge in [-0.3, -0.25) is 0 Å². The van der Waals surface area contributed by atoms with Gasteiger partial charge in [-0.05, 0) is 34.5 Å². The number of pyridine rings is 1. The number of hydrogen-bond donors (Lipinski definition) is 0. The van der Waals surface area contributed by atoms with Gasteiger partial charge in [-0.15, -0.1) is 0 Å². The molecular formula is C16H21N3OSSi. The highest BCUT2D eigenvalue weighted by Crippen LogP contribution is 2.24. The van der Waals surface area contributed by atoms with Crippen LogP contribution in [0.5, 0.6) is 0 Å². The summed E-state index contributed by atoms with van der Waals surface area (Å²) in [6, 6.07) is 5.41. The maximum Gasteiger partial charge on any atom is 0.160 e. The molecule has 0 N–H and O–H groups in total. The Labute approximate surface area is 135 Å². The predicted molar refractivity (Wildman–Crippen MR) is 94.9 cm³/mol. The monoisotopic (exact) mass is 331 g/mol. The molecule has 0 fully saturated rings. The van der Waals surface area contributed by atoms with E-state index in [4.69, 9.17) is 4.74 Å². The van der Waals surface area contributed by atoms with Crippen LogP contribution in [-0.4, -0.2) is 29.4 Å². The van der Waals surface area contributed by atoms with Crippen molar-refractivity contribution in [2.24, 2.45) is 0 Å². The summed E-state index contributed by atoms with van der Waals surface area (Å²) in [4.78, 5) is 4.56. The molecular weight excluding hydrogens is 310 g/mol. The first-order valence-electron chi connectivity index (χ1n) is 7.45. The van der Waals surface area contributed by atoms with Crippen molar-refractivity contribution in [1.29, 1.82) is 0 Å². The summed E-state index contributed by atoms with van der Waals surface area (Å²) >= 11 is 1.70. The van der Waals surface area contributed by atoms with Crippen molar-refractivity contribution >= 4 is 30.4 Å². The quantitative estimate of drug-likeness (QED) is 0.494.